The molecule has 3 nitrogen and oxygen atoms in total. The molecule has 1 aliphatic carbocycles. The number of hydrogen-bond donors (Lipinski definition) is 2. The Hall–Kier alpha value is -0.590. The topological polar surface area (TPSA) is 56.0 Å². The molecule has 1 saturated carbocycles. The van der Waals surface area contributed by atoms with E-state index >= 15 is 0 Å². The Labute approximate surface area is 92.5 Å². The first-order valence-corrected chi connectivity index (χ1v) is 5.89. The van der Waals surface area contributed by atoms with Gasteiger partial charge in [-0.05, 0) is 44.1 Å². The van der Waals surface area contributed by atoms with Crippen molar-refractivity contribution in [2.45, 2.75) is 45.1 Å². The molecule has 1 fully saturated rings. The van der Waals surface area contributed by atoms with Gasteiger partial charge in [-0.3, -0.25) is 5.32 Å². The van der Waals surface area contributed by atoms with Crippen molar-refractivity contribution < 1.29 is 5.11 Å². The van der Waals surface area contributed by atoms with Gasteiger partial charge in [0.1, 0.15) is 5.54 Å². The zero-order valence-electron chi connectivity index (χ0n) is 9.79. The number of nitrogens with zero attached hydrogens (tertiary/aromatic N) is 1. The van der Waals surface area contributed by atoms with Crippen LogP contribution in [0.3, 0.4) is 0 Å². The van der Waals surface area contributed by atoms with Gasteiger partial charge in [0.2, 0.25) is 0 Å². The maximum Gasteiger partial charge on any atom is 0.107 e. The van der Waals surface area contributed by atoms with Crippen LogP contribution in [0.2, 0.25) is 0 Å². The van der Waals surface area contributed by atoms with Crippen molar-refractivity contribution >= 4 is 0 Å². The molecule has 0 heterocycles. The summed E-state index contributed by atoms with van der Waals surface area (Å²) in [5.74, 6) is 1.24. The van der Waals surface area contributed by atoms with Crippen LogP contribution in [0.25, 0.3) is 0 Å². The average molecular weight is 210 g/mol. The summed E-state index contributed by atoms with van der Waals surface area (Å²) < 4.78 is 0. The molecule has 2 unspecified atom stereocenters. The first-order chi connectivity index (χ1) is 7.12. The predicted molar refractivity (Wildman–Crippen MR) is 60.2 cm³/mol. The van der Waals surface area contributed by atoms with E-state index in [9.17, 15) is 5.26 Å². The fraction of sp³-hybridized carbons (Fsp3) is 0.917. The Bertz CT molecular complexity index is 224. The van der Waals surface area contributed by atoms with E-state index in [0.717, 1.165) is 25.8 Å². The highest BCUT2D eigenvalue weighted by atomic mass is 16.3. The fourth-order valence-electron chi connectivity index (χ4n) is 2.81. The molecule has 0 spiro atoms. The van der Waals surface area contributed by atoms with Crippen LogP contribution >= 0.6 is 0 Å². The lowest BCUT2D eigenvalue weighted by atomic mass is 9.72. The highest BCUT2D eigenvalue weighted by Gasteiger charge is 2.37. The molecule has 1 aliphatic rings. The molecule has 0 radical (unpaired) electrons. The molecule has 0 aromatic rings. The van der Waals surface area contributed by atoms with Crippen LogP contribution in [0.1, 0.15) is 39.5 Å². The van der Waals surface area contributed by atoms with E-state index in [1.165, 1.54) is 6.42 Å². The van der Waals surface area contributed by atoms with Gasteiger partial charge in [-0.15, -0.1) is 0 Å². The molecule has 2 atom stereocenters. The monoisotopic (exact) mass is 210 g/mol. The number of aliphatic hydroxyl groups is 1. The van der Waals surface area contributed by atoms with Crippen molar-refractivity contribution in [1.29, 1.82) is 5.26 Å². The summed E-state index contributed by atoms with van der Waals surface area (Å²) in [7, 11) is 0. The molecule has 0 aliphatic heterocycles. The first kappa shape index (κ1) is 12.5. The molecule has 86 valence electrons. The molecular weight excluding hydrogens is 188 g/mol. The van der Waals surface area contributed by atoms with Crippen LogP contribution in [-0.4, -0.2) is 23.8 Å². The van der Waals surface area contributed by atoms with Gasteiger partial charge in [0, 0.05) is 6.61 Å². The zero-order chi connectivity index (χ0) is 11.3. The van der Waals surface area contributed by atoms with E-state index in [4.69, 9.17) is 5.11 Å². The minimum Gasteiger partial charge on any atom is -0.396 e. The Balaban J connectivity index is 2.55. The van der Waals surface area contributed by atoms with Crippen LogP contribution in [0, 0.1) is 23.2 Å². The Morgan fingerprint density at radius 2 is 2.00 bits per heavy atom. The van der Waals surface area contributed by atoms with Crippen LogP contribution in [0.4, 0.5) is 0 Å². The molecule has 15 heavy (non-hydrogen) atoms. The smallest absolute Gasteiger partial charge is 0.107 e. The fourth-order valence-corrected chi connectivity index (χ4v) is 2.81. The van der Waals surface area contributed by atoms with Crippen LogP contribution in [0.15, 0.2) is 0 Å². The number of hydrogen-bond acceptors (Lipinski definition) is 3. The van der Waals surface area contributed by atoms with E-state index in [0.29, 0.717) is 11.8 Å². The van der Waals surface area contributed by atoms with Gasteiger partial charge in [0.05, 0.1) is 6.07 Å². The maximum atomic E-state index is 9.30. The van der Waals surface area contributed by atoms with Gasteiger partial charge in [0.15, 0.2) is 0 Å². The standard InChI is InChI=1S/C12H22N2O/c1-10-6-11(2)8-12(7-10,9-13)14-4-3-5-15/h10-11,14-15H,3-8H2,1-2H3. The van der Waals surface area contributed by atoms with Gasteiger partial charge < -0.3 is 5.11 Å². The minimum atomic E-state index is -0.341. The second-order valence-corrected chi connectivity index (χ2v) is 5.05. The lowest BCUT2D eigenvalue weighted by molar-refractivity contribution is 0.184. The molecular formula is C12H22N2O. The number of nitrogens with one attached hydrogen (secondary N) is 1. The average Bonchev–Trinajstić information content (AvgIpc) is 2.17. The summed E-state index contributed by atoms with van der Waals surface area (Å²) in [5, 5.41) is 21.4. The van der Waals surface area contributed by atoms with Crippen molar-refractivity contribution in [3.63, 3.8) is 0 Å². The number of rotatable bonds is 4. The summed E-state index contributed by atoms with van der Waals surface area (Å²) in [4.78, 5) is 0. The molecule has 0 amide bonds. The third-order valence-corrected chi connectivity index (χ3v) is 3.21. The van der Waals surface area contributed by atoms with Gasteiger partial charge in [-0.2, -0.15) is 5.26 Å². The van der Waals surface area contributed by atoms with E-state index in [-0.39, 0.29) is 12.1 Å². The quantitative estimate of drug-likeness (QED) is 0.694. The van der Waals surface area contributed by atoms with Crippen molar-refractivity contribution in [3.8, 4) is 6.07 Å². The normalized spacial score (nSPS) is 36.1. The lowest BCUT2D eigenvalue weighted by Gasteiger charge is -2.38. The van der Waals surface area contributed by atoms with E-state index in [1.54, 1.807) is 0 Å². The Kier molecular flexibility index (Phi) is 4.56. The number of aliphatic hydroxyl groups excluding tert-OH is 1. The van der Waals surface area contributed by atoms with Crippen molar-refractivity contribution in [2.24, 2.45) is 11.8 Å². The summed E-state index contributed by atoms with van der Waals surface area (Å²) in [5.41, 5.74) is -0.341. The Morgan fingerprint density at radius 3 is 2.47 bits per heavy atom. The van der Waals surface area contributed by atoms with Crippen LogP contribution in [-0.2, 0) is 0 Å². The largest absolute Gasteiger partial charge is 0.396 e. The summed E-state index contributed by atoms with van der Waals surface area (Å²) >= 11 is 0. The highest BCUT2D eigenvalue weighted by Crippen LogP contribution is 2.35. The molecule has 0 bridgehead atoms. The SMILES string of the molecule is CC1CC(C)CC(C#N)(NCCCO)C1. The van der Waals surface area contributed by atoms with Crippen molar-refractivity contribution in [1.82, 2.24) is 5.32 Å². The van der Waals surface area contributed by atoms with Gasteiger partial charge in [-0.25, -0.2) is 0 Å². The third-order valence-electron chi connectivity index (χ3n) is 3.21. The molecule has 2 N–H and O–H groups in total. The molecule has 0 aromatic heterocycles. The van der Waals surface area contributed by atoms with Gasteiger partial charge in [0.25, 0.3) is 0 Å². The van der Waals surface area contributed by atoms with Crippen molar-refractivity contribution in [3.05, 3.63) is 0 Å². The van der Waals surface area contributed by atoms with Crippen LogP contribution < -0.4 is 5.32 Å². The van der Waals surface area contributed by atoms with E-state index < -0.39 is 0 Å². The van der Waals surface area contributed by atoms with Gasteiger partial charge in [-0.1, -0.05) is 13.8 Å². The Morgan fingerprint density at radius 1 is 1.40 bits per heavy atom. The second kappa shape index (κ2) is 5.48. The minimum absolute atomic E-state index is 0.194. The highest BCUT2D eigenvalue weighted by molar-refractivity contribution is 5.10. The third kappa shape index (κ3) is 3.48. The molecule has 3 heteroatoms. The van der Waals surface area contributed by atoms with Crippen LogP contribution in [0.5, 0.6) is 0 Å². The first-order valence-electron chi connectivity index (χ1n) is 5.89. The summed E-state index contributed by atoms with van der Waals surface area (Å²) in [6.45, 7) is 5.37. The van der Waals surface area contributed by atoms with Gasteiger partial charge >= 0.3 is 0 Å². The molecule has 1 rings (SSSR count). The maximum absolute atomic E-state index is 9.30. The summed E-state index contributed by atoms with van der Waals surface area (Å²) in [6.07, 6.45) is 3.84. The number of nitriles is 1. The van der Waals surface area contributed by atoms with Crippen molar-refractivity contribution in [2.75, 3.05) is 13.2 Å². The predicted octanol–water partition coefficient (Wildman–Crippen LogP) is 1.68. The second-order valence-electron chi connectivity index (χ2n) is 5.05. The van der Waals surface area contributed by atoms with E-state index in [2.05, 4.69) is 25.2 Å². The van der Waals surface area contributed by atoms with E-state index in [1.807, 2.05) is 0 Å². The molecule has 0 aromatic carbocycles. The molecule has 0 saturated heterocycles. The zero-order valence-corrected chi connectivity index (χ0v) is 9.79. The summed E-state index contributed by atoms with van der Waals surface area (Å²) in [6, 6.07) is 2.44. The lowest BCUT2D eigenvalue weighted by Crippen LogP contribution is -2.49.